The Labute approximate surface area is 157 Å². The summed E-state index contributed by atoms with van der Waals surface area (Å²) in [6, 6.07) is 5.57. The zero-order valence-electron chi connectivity index (χ0n) is 15.0. The molecule has 0 aliphatic heterocycles. The highest BCUT2D eigenvalue weighted by Gasteiger charge is 2.14. The molecule has 0 spiro atoms. The summed E-state index contributed by atoms with van der Waals surface area (Å²) in [5.41, 5.74) is 9.56. The van der Waals surface area contributed by atoms with Crippen molar-refractivity contribution in [3.63, 3.8) is 0 Å². The van der Waals surface area contributed by atoms with Crippen LogP contribution in [0.5, 0.6) is 5.75 Å². The van der Waals surface area contributed by atoms with Gasteiger partial charge in [-0.2, -0.15) is 0 Å². The van der Waals surface area contributed by atoms with E-state index < -0.39 is 0 Å². The first-order chi connectivity index (χ1) is 12.5. The molecule has 8 heteroatoms. The zero-order chi connectivity index (χ0) is 18.7. The summed E-state index contributed by atoms with van der Waals surface area (Å²) in [5, 5.41) is 9.23. The van der Waals surface area contributed by atoms with Crippen LogP contribution in [0.25, 0.3) is 0 Å². The molecule has 26 heavy (non-hydrogen) atoms. The number of benzene rings is 1. The maximum absolute atomic E-state index is 6.05. The van der Waals surface area contributed by atoms with E-state index >= 15 is 0 Å². The fraction of sp³-hybridized carbons (Fsp3) is 0.333. The fourth-order valence-corrected chi connectivity index (χ4v) is 2.77. The number of hydrogen-bond donors (Lipinski definition) is 1. The van der Waals surface area contributed by atoms with Crippen LogP contribution < -0.4 is 10.5 Å². The van der Waals surface area contributed by atoms with Gasteiger partial charge in [-0.3, -0.25) is 0 Å². The van der Waals surface area contributed by atoms with Crippen LogP contribution in [0.4, 0.5) is 5.82 Å². The number of aromatic nitrogens is 5. The van der Waals surface area contributed by atoms with E-state index in [0.29, 0.717) is 24.8 Å². The molecule has 3 rings (SSSR count). The molecule has 0 aliphatic carbocycles. The second kappa shape index (κ2) is 7.70. The molecule has 0 aliphatic rings. The van der Waals surface area contributed by atoms with Crippen LogP contribution in [-0.4, -0.2) is 25.0 Å². The zero-order valence-corrected chi connectivity index (χ0v) is 15.8. The Morgan fingerprint density at radius 3 is 2.77 bits per heavy atom. The predicted octanol–water partition coefficient (Wildman–Crippen LogP) is 3.11. The predicted molar refractivity (Wildman–Crippen MR) is 100 cm³/mol. The Kier molecular flexibility index (Phi) is 5.37. The van der Waals surface area contributed by atoms with Gasteiger partial charge in [-0.25, -0.2) is 14.6 Å². The largest absolute Gasteiger partial charge is 0.487 e. The van der Waals surface area contributed by atoms with E-state index in [1.807, 2.05) is 29.8 Å². The van der Waals surface area contributed by atoms with Crippen molar-refractivity contribution in [2.24, 2.45) is 0 Å². The molecule has 7 nitrogen and oxygen atoms in total. The third-order valence-electron chi connectivity index (χ3n) is 4.10. The van der Waals surface area contributed by atoms with E-state index in [1.165, 1.54) is 0 Å². The number of halogens is 1. The quantitative estimate of drug-likeness (QED) is 0.714. The van der Waals surface area contributed by atoms with Gasteiger partial charge in [-0.15, -0.1) is 5.10 Å². The Morgan fingerprint density at radius 2 is 2.08 bits per heavy atom. The molecule has 0 unspecified atom stereocenters. The van der Waals surface area contributed by atoms with Gasteiger partial charge >= 0.3 is 0 Å². The van der Waals surface area contributed by atoms with Gasteiger partial charge in [-0.05, 0) is 44.0 Å². The van der Waals surface area contributed by atoms with Gasteiger partial charge in [0.2, 0.25) is 0 Å². The van der Waals surface area contributed by atoms with Gasteiger partial charge in [0.05, 0.1) is 12.2 Å². The van der Waals surface area contributed by atoms with Crippen molar-refractivity contribution >= 4 is 17.4 Å². The van der Waals surface area contributed by atoms with Crippen molar-refractivity contribution in [3.05, 3.63) is 57.8 Å². The second-order valence-electron chi connectivity index (χ2n) is 6.02. The van der Waals surface area contributed by atoms with Crippen molar-refractivity contribution in [3.8, 4) is 5.75 Å². The minimum Gasteiger partial charge on any atom is -0.487 e. The van der Waals surface area contributed by atoms with E-state index in [9.17, 15) is 0 Å². The molecule has 2 aromatic heterocycles. The third kappa shape index (κ3) is 3.94. The highest BCUT2D eigenvalue weighted by atomic mass is 35.5. The van der Waals surface area contributed by atoms with Crippen LogP contribution in [0.3, 0.4) is 0 Å². The molecular weight excluding hydrogens is 352 g/mol. The molecule has 1 aromatic carbocycles. The van der Waals surface area contributed by atoms with E-state index in [-0.39, 0.29) is 0 Å². The summed E-state index contributed by atoms with van der Waals surface area (Å²) in [6.07, 6.45) is 2.50. The number of anilines is 1. The summed E-state index contributed by atoms with van der Waals surface area (Å²) in [4.78, 5) is 8.39. The molecule has 3 aromatic rings. The van der Waals surface area contributed by atoms with Crippen molar-refractivity contribution in [2.45, 2.75) is 40.3 Å². The molecule has 2 heterocycles. The number of nitrogens with two attached hydrogens (primary N) is 1. The minimum absolute atomic E-state index is 0.337. The van der Waals surface area contributed by atoms with Crippen molar-refractivity contribution < 1.29 is 4.74 Å². The van der Waals surface area contributed by atoms with Crippen LogP contribution in [0.2, 0.25) is 5.02 Å². The molecule has 0 atom stereocenters. The van der Waals surface area contributed by atoms with Crippen molar-refractivity contribution in [2.75, 3.05) is 5.73 Å². The second-order valence-corrected chi connectivity index (χ2v) is 6.43. The van der Waals surface area contributed by atoms with Crippen LogP contribution in [0.1, 0.15) is 35.3 Å². The Hall–Kier alpha value is -2.67. The van der Waals surface area contributed by atoms with Crippen molar-refractivity contribution in [1.29, 1.82) is 0 Å². The number of rotatable bonds is 6. The van der Waals surface area contributed by atoms with Crippen LogP contribution in [0, 0.1) is 13.8 Å². The molecule has 0 saturated heterocycles. The standard InChI is InChI=1S/C18H21ClN6O/c1-4-17-16(10-26-14-5-6-15(19)11(2)7-14)23-24-25(17)9-13-8-21-12(3)22-18(13)20/h5-8H,4,9-10H2,1-3H3,(H2,20,21,22). The van der Waals surface area contributed by atoms with Crippen molar-refractivity contribution in [1.82, 2.24) is 25.0 Å². The minimum atomic E-state index is 0.337. The third-order valence-corrected chi connectivity index (χ3v) is 4.52. The van der Waals surface area contributed by atoms with E-state index in [1.54, 1.807) is 13.1 Å². The number of hydrogen-bond acceptors (Lipinski definition) is 6. The maximum Gasteiger partial charge on any atom is 0.134 e. The Balaban J connectivity index is 1.76. The summed E-state index contributed by atoms with van der Waals surface area (Å²) >= 11 is 6.05. The lowest BCUT2D eigenvalue weighted by atomic mass is 10.2. The van der Waals surface area contributed by atoms with Gasteiger partial charge in [0, 0.05) is 16.8 Å². The first-order valence-corrected chi connectivity index (χ1v) is 8.74. The lowest BCUT2D eigenvalue weighted by Crippen LogP contribution is -2.11. The Bertz CT molecular complexity index is 924. The van der Waals surface area contributed by atoms with Gasteiger partial charge in [0.25, 0.3) is 0 Å². The molecule has 2 N–H and O–H groups in total. The van der Waals surface area contributed by atoms with Crippen LogP contribution in [-0.2, 0) is 19.6 Å². The SMILES string of the molecule is CCc1c(COc2ccc(Cl)c(C)c2)nnn1Cc1cnc(C)nc1N. The van der Waals surface area contributed by atoms with Gasteiger partial charge in [0.15, 0.2) is 0 Å². The average Bonchev–Trinajstić information content (AvgIpc) is 3.00. The molecule has 0 fully saturated rings. The monoisotopic (exact) mass is 372 g/mol. The lowest BCUT2D eigenvalue weighted by Gasteiger charge is -2.09. The lowest BCUT2D eigenvalue weighted by molar-refractivity contribution is 0.299. The molecule has 136 valence electrons. The maximum atomic E-state index is 6.05. The number of ether oxygens (including phenoxy) is 1. The van der Waals surface area contributed by atoms with Gasteiger partial charge in [0.1, 0.15) is 29.7 Å². The Morgan fingerprint density at radius 1 is 1.27 bits per heavy atom. The van der Waals surface area contributed by atoms with Gasteiger partial charge in [-0.1, -0.05) is 23.7 Å². The topological polar surface area (TPSA) is 91.7 Å². The summed E-state index contributed by atoms with van der Waals surface area (Å²) < 4.78 is 7.67. The van der Waals surface area contributed by atoms with Crippen LogP contribution >= 0.6 is 11.6 Å². The first-order valence-electron chi connectivity index (χ1n) is 8.36. The molecule has 0 radical (unpaired) electrons. The van der Waals surface area contributed by atoms with Crippen LogP contribution in [0.15, 0.2) is 24.4 Å². The molecule has 0 saturated carbocycles. The molecular formula is C18H21ClN6O. The number of nitrogens with zero attached hydrogens (tertiary/aromatic N) is 5. The van der Waals surface area contributed by atoms with E-state index in [2.05, 4.69) is 27.2 Å². The number of aryl methyl sites for hydroxylation is 2. The first kappa shape index (κ1) is 18.1. The van der Waals surface area contributed by atoms with E-state index in [0.717, 1.165) is 39.7 Å². The summed E-state index contributed by atoms with van der Waals surface area (Å²) in [6.45, 7) is 6.62. The average molecular weight is 373 g/mol. The molecule has 0 bridgehead atoms. The summed E-state index contributed by atoms with van der Waals surface area (Å²) in [7, 11) is 0. The summed E-state index contributed by atoms with van der Waals surface area (Å²) in [5.74, 6) is 1.86. The normalized spacial score (nSPS) is 10.9. The fourth-order valence-electron chi connectivity index (χ4n) is 2.65. The number of nitrogen functional groups attached to an aromatic ring is 1. The highest BCUT2D eigenvalue weighted by Crippen LogP contribution is 2.22. The van der Waals surface area contributed by atoms with Gasteiger partial charge < -0.3 is 10.5 Å². The van der Waals surface area contributed by atoms with E-state index in [4.69, 9.17) is 22.1 Å². The molecule has 0 amide bonds. The smallest absolute Gasteiger partial charge is 0.134 e. The highest BCUT2D eigenvalue weighted by molar-refractivity contribution is 6.31.